The minimum Gasteiger partial charge on any atom is -0.441 e. The number of carbonyl (C=O) groups excluding carboxylic acids is 1. The van der Waals surface area contributed by atoms with Gasteiger partial charge in [0.1, 0.15) is 11.5 Å². The molecule has 1 aliphatic rings. The molecule has 4 heteroatoms. The minimum atomic E-state index is 0.243. The highest BCUT2D eigenvalue weighted by molar-refractivity contribution is 5.78. The van der Waals surface area contributed by atoms with Crippen molar-refractivity contribution < 1.29 is 9.21 Å². The first-order chi connectivity index (χ1) is 11.0. The number of likely N-dealkylation sites (tertiary alicyclic amines) is 1. The van der Waals surface area contributed by atoms with Gasteiger partial charge in [-0.15, -0.1) is 0 Å². The lowest BCUT2D eigenvalue weighted by molar-refractivity contribution is -0.122. The van der Waals surface area contributed by atoms with E-state index in [0.29, 0.717) is 11.7 Å². The average Bonchev–Trinajstić information content (AvgIpc) is 2.89. The summed E-state index contributed by atoms with van der Waals surface area (Å²) in [7, 11) is 0. The Labute approximate surface area is 137 Å². The molecule has 0 saturated carbocycles. The fourth-order valence-electron chi connectivity index (χ4n) is 3.10. The van der Waals surface area contributed by atoms with Crippen LogP contribution in [0.4, 0.5) is 0 Å². The van der Waals surface area contributed by atoms with Gasteiger partial charge in [-0.3, -0.25) is 9.69 Å². The van der Waals surface area contributed by atoms with Crippen LogP contribution in [0.5, 0.6) is 0 Å². The Morgan fingerprint density at radius 2 is 1.87 bits per heavy atom. The topological polar surface area (TPSA) is 46.3 Å². The highest BCUT2D eigenvalue weighted by atomic mass is 16.4. The zero-order valence-electron chi connectivity index (χ0n) is 14.1. The van der Waals surface area contributed by atoms with Gasteiger partial charge >= 0.3 is 0 Å². The van der Waals surface area contributed by atoms with Crippen molar-refractivity contribution in [3.05, 3.63) is 41.3 Å². The fraction of sp³-hybridized carbons (Fsp3) is 0.474. The van der Waals surface area contributed by atoms with Crippen LogP contribution in [-0.4, -0.2) is 28.8 Å². The number of Topliss-reactive ketones (excluding diaryl/α,β-unsaturated/α-hetero) is 1. The zero-order valence-corrected chi connectivity index (χ0v) is 14.1. The van der Waals surface area contributed by atoms with Crippen molar-refractivity contribution in [1.82, 2.24) is 9.88 Å². The molecule has 0 radical (unpaired) electrons. The summed E-state index contributed by atoms with van der Waals surface area (Å²) in [5, 5.41) is 0. The van der Waals surface area contributed by atoms with Crippen molar-refractivity contribution in [2.45, 2.75) is 40.2 Å². The highest BCUT2D eigenvalue weighted by Gasteiger charge is 2.23. The maximum Gasteiger partial charge on any atom is 0.226 e. The van der Waals surface area contributed by atoms with Crippen LogP contribution in [0.15, 0.2) is 28.7 Å². The number of aromatic nitrogens is 1. The Kier molecular flexibility index (Phi) is 4.62. The van der Waals surface area contributed by atoms with Gasteiger partial charge in [-0.2, -0.15) is 0 Å². The van der Waals surface area contributed by atoms with Gasteiger partial charge in [-0.25, -0.2) is 4.98 Å². The van der Waals surface area contributed by atoms with Gasteiger partial charge in [-0.05, 0) is 58.8 Å². The van der Waals surface area contributed by atoms with Gasteiger partial charge in [0.15, 0.2) is 0 Å². The summed E-state index contributed by atoms with van der Waals surface area (Å²) in [6.45, 7) is 8.46. The molecule has 0 unspecified atom stereocenters. The molecular weight excluding hydrogens is 288 g/mol. The normalized spacial score (nSPS) is 16.7. The summed E-state index contributed by atoms with van der Waals surface area (Å²) >= 11 is 0. The third kappa shape index (κ3) is 3.70. The maximum absolute atomic E-state index is 11.5. The first kappa shape index (κ1) is 15.9. The van der Waals surface area contributed by atoms with Crippen LogP contribution in [0, 0.1) is 19.8 Å². The maximum atomic E-state index is 11.5. The van der Waals surface area contributed by atoms with E-state index in [1.54, 1.807) is 6.92 Å². The van der Waals surface area contributed by atoms with Gasteiger partial charge in [0.25, 0.3) is 0 Å². The zero-order chi connectivity index (χ0) is 16.4. The lowest BCUT2D eigenvalue weighted by Gasteiger charge is -2.30. The van der Waals surface area contributed by atoms with E-state index in [4.69, 9.17) is 4.42 Å². The van der Waals surface area contributed by atoms with Crippen LogP contribution < -0.4 is 0 Å². The number of hydrogen-bond donors (Lipinski definition) is 0. The number of rotatable bonds is 4. The molecule has 0 amide bonds. The van der Waals surface area contributed by atoms with E-state index in [1.807, 2.05) is 19.1 Å². The molecule has 122 valence electrons. The molecule has 0 atom stereocenters. The summed E-state index contributed by atoms with van der Waals surface area (Å²) in [4.78, 5) is 18.5. The average molecular weight is 312 g/mol. The third-order valence-corrected chi connectivity index (χ3v) is 4.73. The smallest absolute Gasteiger partial charge is 0.226 e. The monoisotopic (exact) mass is 312 g/mol. The van der Waals surface area contributed by atoms with Gasteiger partial charge in [0.05, 0.1) is 5.69 Å². The molecule has 1 fully saturated rings. The summed E-state index contributed by atoms with van der Waals surface area (Å²) < 4.78 is 5.85. The molecule has 2 heterocycles. The molecule has 0 N–H and O–H groups in total. The number of aryl methyl sites for hydroxylation is 2. The molecule has 3 rings (SSSR count). The van der Waals surface area contributed by atoms with Crippen molar-refractivity contribution >= 4 is 5.78 Å². The SMILES string of the molecule is CC(=O)C1CCN(Cc2nc(-c3ccc(C)cc3)oc2C)CC1. The minimum absolute atomic E-state index is 0.243. The molecule has 0 spiro atoms. The number of piperidine rings is 1. The molecule has 4 nitrogen and oxygen atoms in total. The van der Waals surface area contributed by atoms with Gasteiger partial charge in [0, 0.05) is 18.0 Å². The number of nitrogens with zero attached hydrogens (tertiary/aromatic N) is 2. The highest BCUT2D eigenvalue weighted by Crippen LogP contribution is 2.25. The number of benzene rings is 1. The number of ketones is 1. The molecule has 1 aromatic carbocycles. The van der Waals surface area contributed by atoms with Crippen LogP contribution in [-0.2, 0) is 11.3 Å². The predicted molar refractivity (Wildman–Crippen MR) is 90.1 cm³/mol. The molecule has 23 heavy (non-hydrogen) atoms. The first-order valence-electron chi connectivity index (χ1n) is 8.29. The predicted octanol–water partition coefficient (Wildman–Crippen LogP) is 3.76. The Balaban J connectivity index is 1.67. The van der Waals surface area contributed by atoms with Gasteiger partial charge in [-0.1, -0.05) is 17.7 Å². The second-order valence-electron chi connectivity index (χ2n) is 6.55. The van der Waals surface area contributed by atoms with E-state index in [0.717, 1.165) is 49.5 Å². The van der Waals surface area contributed by atoms with E-state index in [2.05, 4.69) is 28.9 Å². The third-order valence-electron chi connectivity index (χ3n) is 4.73. The summed E-state index contributed by atoms with van der Waals surface area (Å²) in [6.07, 6.45) is 1.91. The van der Waals surface area contributed by atoms with Crippen LogP contribution in [0.1, 0.15) is 36.8 Å². The standard InChI is InChI=1S/C19H24N2O2/c1-13-4-6-17(7-5-13)19-20-18(15(3)23-19)12-21-10-8-16(9-11-21)14(2)22/h4-7,16H,8-12H2,1-3H3. The Bertz CT molecular complexity index is 680. The summed E-state index contributed by atoms with van der Waals surface area (Å²) in [5.74, 6) is 2.14. The van der Waals surface area contributed by atoms with E-state index in [9.17, 15) is 4.79 Å². The fourth-order valence-corrected chi connectivity index (χ4v) is 3.10. The molecule has 1 saturated heterocycles. The number of carbonyl (C=O) groups is 1. The van der Waals surface area contributed by atoms with Crippen molar-refractivity contribution in [2.75, 3.05) is 13.1 Å². The van der Waals surface area contributed by atoms with Crippen LogP contribution >= 0.6 is 0 Å². The van der Waals surface area contributed by atoms with Crippen LogP contribution in [0.2, 0.25) is 0 Å². The summed E-state index contributed by atoms with van der Waals surface area (Å²) in [5.41, 5.74) is 3.24. The lowest BCUT2D eigenvalue weighted by Crippen LogP contribution is -2.35. The van der Waals surface area contributed by atoms with Crippen molar-refractivity contribution in [3.8, 4) is 11.5 Å². The van der Waals surface area contributed by atoms with Crippen molar-refractivity contribution in [2.24, 2.45) is 5.92 Å². The Hall–Kier alpha value is -1.94. The van der Waals surface area contributed by atoms with E-state index in [1.165, 1.54) is 5.56 Å². The van der Waals surface area contributed by atoms with E-state index >= 15 is 0 Å². The number of oxazole rings is 1. The Morgan fingerprint density at radius 3 is 2.48 bits per heavy atom. The quantitative estimate of drug-likeness (QED) is 0.862. The number of hydrogen-bond acceptors (Lipinski definition) is 4. The molecule has 0 aliphatic carbocycles. The second kappa shape index (κ2) is 6.67. The molecule has 0 bridgehead atoms. The molecular formula is C19H24N2O2. The molecule has 1 aromatic heterocycles. The lowest BCUT2D eigenvalue weighted by atomic mass is 9.93. The largest absolute Gasteiger partial charge is 0.441 e. The Morgan fingerprint density at radius 1 is 1.22 bits per heavy atom. The van der Waals surface area contributed by atoms with Crippen molar-refractivity contribution in [3.63, 3.8) is 0 Å². The molecule has 2 aromatic rings. The van der Waals surface area contributed by atoms with E-state index < -0.39 is 0 Å². The molecule has 1 aliphatic heterocycles. The first-order valence-corrected chi connectivity index (χ1v) is 8.29. The van der Waals surface area contributed by atoms with E-state index in [-0.39, 0.29) is 5.92 Å². The second-order valence-corrected chi connectivity index (χ2v) is 6.55. The van der Waals surface area contributed by atoms with Gasteiger partial charge in [0.2, 0.25) is 5.89 Å². The van der Waals surface area contributed by atoms with Crippen LogP contribution in [0.25, 0.3) is 11.5 Å². The van der Waals surface area contributed by atoms with Crippen LogP contribution in [0.3, 0.4) is 0 Å². The van der Waals surface area contributed by atoms with Crippen molar-refractivity contribution in [1.29, 1.82) is 0 Å². The van der Waals surface area contributed by atoms with Gasteiger partial charge < -0.3 is 4.42 Å². The summed E-state index contributed by atoms with van der Waals surface area (Å²) in [6, 6.07) is 8.23.